The molecule has 6 nitrogen and oxygen atoms in total. The van der Waals surface area contributed by atoms with Crippen LogP contribution in [0.15, 0.2) is 36.7 Å². The smallest absolute Gasteiger partial charge is 0.377 e. The van der Waals surface area contributed by atoms with E-state index in [0.717, 1.165) is 5.75 Å². The minimum absolute atomic E-state index is 0.0530. The van der Waals surface area contributed by atoms with Crippen LogP contribution in [0.1, 0.15) is 10.6 Å². The van der Waals surface area contributed by atoms with E-state index in [4.69, 9.17) is 4.74 Å². The maximum Gasteiger partial charge on any atom is 0.377 e. The Morgan fingerprint density at radius 3 is 2.83 bits per heavy atom. The van der Waals surface area contributed by atoms with Crippen LogP contribution < -0.4 is 4.74 Å². The van der Waals surface area contributed by atoms with Gasteiger partial charge in [0, 0.05) is 0 Å². The van der Waals surface area contributed by atoms with Crippen molar-refractivity contribution in [3.63, 3.8) is 0 Å². The number of rotatable bonds is 5. The molecule has 0 radical (unpaired) electrons. The fourth-order valence-electron chi connectivity index (χ4n) is 1.36. The van der Waals surface area contributed by atoms with Crippen LogP contribution in [0.3, 0.4) is 0 Å². The SMILES string of the molecule is COC(=O)c1ncn(CCOc2ccccc2)n1. The molecular weight excluding hydrogens is 234 g/mol. The first-order valence-electron chi connectivity index (χ1n) is 5.45. The van der Waals surface area contributed by atoms with Crippen molar-refractivity contribution in [3.8, 4) is 5.75 Å². The summed E-state index contributed by atoms with van der Waals surface area (Å²) < 4.78 is 11.6. The highest BCUT2D eigenvalue weighted by atomic mass is 16.5. The lowest BCUT2D eigenvalue weighted by molar-refractivity contribution is 0.0586. The number of hydrogen-bond acceptors (Lipinski definition) is 5. The predicted octanol–water partition coefficient (Wildman–Crippen LogP) is 1.14. The second-order valence-electron chi connectivity index (χ2n) is 3.48. The molecule has 0 amide bonds. The zero-order valence-corrected chi connectivity index (χ0v) is 9.94. The maximum absolute atomic E-state index is 11.1. The lowest BCUT2D eigenvalue weighted by Gasteiger charge is -2.05. The first kappa shape index (κ1) is 12.1. The van der Waals surface area contributed by atoms with Gasteiger partial charge in [0.05, 0.1) is 13.7 Å². The minimum Gasteiger partial charge on any atom is -0.492 e. The summed E-state index contributed by atoms with van der Waals surface area (Å²) in [6.07, 6.45) is 1.47. The normalized spacial score (nSPS) is 10.1. The van der Waals surface area contributed by atoms with Crippen molar-refractivity contribution < 1.29 is 14.3 Å². The molecule has 0 aliphatic carbocycles. The average molecular weight is 247 g/mol. The molecular formula is C12H13N3O3. The van der Waals surface area contributed by atoms with Crippen LogP contribution in [-0.2, 0) is 11.3 Å². The predicted molar refractivity (Wildman–Crippen MR) is 63.3 cm³/mol. The summed E-state index contributed by atoms with van der Waals surface area (Å²) in [6.45, 7) is 0.965. The third-order valence-electron chi connectivity index (χ3n) is 2.24. The Balaban J connectivity index is 1.84. The first-order valence-corrected chi connectivity index (χ1v) is 5.45. The van der Waals surface area contributed by atoms with Crippen LogP contribution in [0.4, 0.5) is 0 Å². The van der Waals surface area contributed by atoms with Crippen molar-refractivity contribution in [2.45, 2.75) is 6.54 Å². The lowest BCUT2D eigenvalue weighted by atomic mass is 10.3. The van der Waals surface area contributed by atoms with Crippen molar-refractivity contribution >= 4 is 5.97 Å². The largest absolute Gasteiger partial charge is 0.492 e. The fourth-order valence-corrected chi connectivity index (χ4v) is 1.36. The Kier molecular flexibility index (Phi) is 3.90. The first-order chi connectivity index (χ1) is 8.79. The molecule has 0 spiro atoms. The summed E-state index contributed by atoms with van der Waals surface area (Å²) >= 11 is 0. The van der Waals surface area contributed by atoms with Gasteiger partial charge in [-0.3, -0.25) is 0 Å². The number of aromatic nitrogens is 3. The van der Waals surface area contributed by atoms with Crippen LogP contribution in [0.2, 0.25) is 0 Å². The van der Waals surface area contributed by atoms with Gasteiger partial charge >= 0.3 is 5.97 Å². The monoisotopic (exact) mass is 247 g/mol. The van der Waals surface area contributed by atoms with E-state index in [1.807, 2.05) is 30.3 Å². The van der Waals surface area contributed by atoms with Crippen molar-refractivity contribution in [1.82, 2.24) is 14.8 Å². The van der Waals surface area contributed by atoms with Gasteiger partial charge in [-0.1, -0.05) is 18.2 Å². The highest BCUT2D eigenvalue weighted by Gasteiger charge is 2.10. The molecule has 0 unspecified atom stereocenters. The molecule has 1 aromatic heterocycles. The highest BCUT2D eigenvalue weighted by molar-refractivity contribution is 5.84. The van der Waals surface area contributed by atoms with E-state index in [2.05, 4.69) is 14.8 Å². The molecule has 0 saturated heterocycles. The molecule has 94 valence electrons. The van der Waals surface area contributed by atoms with Gasteiger partial charge in [-0.15, -0.1) is 5.10 Å². The third-order valence-corrected chi connectivity index (χ3v) is 2.24. The molecule has 0 bridgehead atoms. The summed E-state index contributed by atoms with van der Waals surface area (Å²) in [4.78, 5) is 15.0. The Bertz CT molecular complexity index is 510. The highest BCUT2D eigenvalue weighted by Crippen LogP contribution is 2.07. The molecule has 0 aliphatic rings. The van der Waals surface area contributed by atoms with Crippen LogP contribution in [0.5, 0.6) is 5.75 Å². The van der Waals surface area contributed by atoms with Gasteiger partial charge < -0.3 is 9.47 Å². The molecule has 1 heterocycles. The van der Waals surface area contributed by atoms with E-state index < -0.39 is 5.97 Å². The van der Waals surface area contributed by atoms with E-state index in [0.29, 0.717) is 13.2 Å². The van der Waals surface area contributed by atoms with Gasteiger partial charge in [0.15, 0.2) is 0 Å². The Morgan fingerprint density at radius 1 is 1.33 bits per heavy atom. The van der Waals surface area contributed by atoms with Gasteiger partial charge in [0.2, 0.25) is 0 Å². The van der Waals surface area contributed by atoms with E-state index in [1.54, 1.807) is 0 Å². The lowest BCUT2D eigenvalue weighted by Crippen LogP contribution is -2.10. The van der Waals surface area contributed by atoms with Crippen molar-refractivity contribution in [3.05, 3.63) is 42.5 Å². The van der Waals surface area contributed by atoms with Gasteiger partial charge in [-0.2, -0.15) is 0 Å². The molecule has 0 aliphatic heterocycles. The number of ether oxygens (including phenoxy) is 2. The number of para-hydroxylation sites is 1. The van der Waals surface area contributed by atoms with E-state index in [1.165, 1.54) is 18.1 Å². The van der Waals surface area contributed by atoms with Crippen LogP contribution >= 0.6 is 0 Å². The molecule has 2 rings (SSSR count). The summed E-state index contributed by atoms with van der Waals surface area (Å²) in [5, 5.41) is 3.96. The van der Waals surface area contributed by atoms with Crippen molar-refractivity contribution in [1.29, 1.82) is 0 Å². The fraction of sp³-hybridized carbons (Fsp3) is 0.250. The standard InChI is InChI=1S/C12H13N3O3/c1-17-12(16)11-13-9-15(14-11)7-8-18-10-5-3-2-4-6-10/h2-6,9H,7-8H2,1H3. The van der Waals surface area contributed by atoms with Crippen LogP contribution in [-0.4, -0.2) is 34.5 Å². The van der Waals surface area contributed by atoms with E-state index in [-0.39, 0.29) is 5.82 Å². The molecule has 0 atom stereocenters. The second kappa shape index (κ2) is 5.81. The summed E-state index contributed by atoms with van der Waals surface area (Å²) in [5.41, 5.74) is 0. The molecule has 0 N–H and O–H groups in total. The van der Waals surface area contributed by atoms with Crippen molar-refractivity contribution in [2.75, 3.05) is 13.7 Å². The van der Waals surface area contributed by atoms with Gasteiger partial charge in [0.1, 0.15) is 18.7 Å². The maximum atomic E-state index is 11.1. The minimum atomic E-state index is -0.544. The molecule has 0 saturated carbocycles. The Morgan fingerprint density at radius 2 is 2.11 bits per heavy atom. The summed E-state index contributed by atoms with van der Waals surface area (Å²) in [7, 11) is 1.29. The molecule has 0 fully saturated rings. The Labute approximate surface area is 104 Å². The number of nitrogens with zero attached hydrogens (tertiary/aromatic N) is 3. The summed E-state index contributed by atoms with van der Waals surface area (Å²) in [5.74, 6) is 0.306. The zero-order valence-electron chi connectivity index (χ0n) is 9.94. The van der Waals surface area contributed by atoms with E-state index in [9.17, 15) is 4.79 Å². The number of hydrogen-bond donors (Lipinski definition) is 0. The zero-order chi connectivity index (χ0) is 12.8. The molecule has 1 aromatic carbocycles. The number of methoxy groups -OCH3 is 1. The number of esters is 1. The molecule has 6 heteroatoms. The number of carbonyl (C=O) groups is 1. The quantitative estimate of drug-likeness (QED) is 0.741. The van der Waals surface area contributed by atoms with E-state index >= 15 is 0 Å². The second-order valence-corrected chi connectivity index (χ2v) is 3.48. The van der Waals surface area contributed by atoms with Gasteiger partial charge in [0.25, 0.3) is 5.82 Å². The van der Waals surface area contributed by atoms with Crippen LogP contribution in [0, 0.1) is 0 Å². The van der Waals surface area contributed by atoms with Crippen LogP contribution in [0.25, 0.3) is 0 Å². The van der Waals surface area contributed by atoms with Crippen molar-refractivity contribution in [2.24, 2.45) is 0 Å². The molecule has 18 heavy (non-hydrogen) atoms. The Hall–Kier alpha value is -2.37. The third kappa shape index (κ3) is 3.07. The summed E-state index contributed by atoms with van der Waals surface area (Å²) in [6, 6.07) is 9.48. The topological polar surface area (TPSA) is 66.2 Å². The average Bonchev–Trinajstić information content (AvgIpc) is 2.88. The molecule has 2 aromatic rings. The number of carbonyl (C=O) groups excluding carboxylic acids is 1. The van der Waals surface area contributed by atoms with Gasteiger partial charge in [-0.05, 0) is 12.1 Å². The number of benzene rings is 1. The van der Waals surface area contributed by atoms with Gasteiger partial charge in [-0.25, -0.2) is 14.5 Å².